The maximum Gasteiger partial charge on any atom is 0.227 e. The third kappa shape index (κ3) is 3.18. The van der Waals surface area contributed by atoms with Gasteiger partial charge in [0, 0.05) is 12.1 Å². The Hall–Kier alpha value is -1.80. The van der Waals surface area contributed by atoms with Gasteiger partial charge in [-0.3, -0.25) is 4.79 Å². The second kappa shape index (κ2) is 6.67. The minimum Gasteiger partial charge on any atom is -0.496 e. The number of rotatable bonds is 3. The third-order valence-corrected chi connectivity index (χ3v) is 6.16. The highest BCUT2D eigenvalue weighted by Crippen LogP contribution is 2.46. The number of ether oxygens (including phenoxy) is 1. The number of aromatic nitrogens is 3. The molecule has 0 saturated heterocycles. The van der Waals surface area contributed by atoms with Crippen LogP contribution in [0.1, 0.15) is 31.9 Å². The normalized spacial score (nSPS) is 23.1. The number of halogens is 1. The zero-order chi connectivity index (χ0) is 19.3. The maximum absolute atomic E-state index is 13.1. The number of carbonyl (C=O) groups excluding carboxylic acids is 1. The molecule has 2 aliphatic rings. The molecule has 2 atom stereocenters. The van der Waals surface area contributed by atoms with Gasteiger partial charge in [-0.15, -0.1) is 5.10 Å². The number of methoxy groups -OCH3 is 1. The van der Waals surface area contributed by atoms with Crippen molar-refractivity contribution in [2.45, 2.75) is 31.5 Å². The summed E-state index contributed by atoms with van der Waals surface area (Å²) in [4.78, 5) is 17.7. The second-order valence-electron chi connectivity index (χ2n) is 7.54. The quantitative estimate of drug-likeness (QED) is 0.706. The van der Waals surface area contributed by atoms with E-state index in [9.17, 15) is 4.79 Å². The molecule has 142 valence electrons. The molecular weight excluding hydrogens is 428 g/mol. The van der Waals surface area contributed by atoms with E-state index in [1.165, 1.54) is 11.8 Å². The van der Waals surface area contributed by atoms with E-state index < -0.39 is 0 Å². The van der Waals surface area contributed by atoms with Crippen LogP contribution in [0.5, 0.6) is 5.75 Å². The van der Waals surface area contributed by atoms with E-state index in [-0.39, 0.29) is 23.2 Å². The van der Waals surface area contributed by atoms with Crippen molar-refractivity contribution in [1.29, 1.82) is 0 Å². The molecule has 1 aliphatic carbocycles. The van der Waals surface area contributed by atoms with Gasteiger partial charge in [-0.1, -0.05) is 37.8 Å². The van der Waals surface area contributed by atoms with Crippen molar-refractivity contribution in [3.8, 4) is 5.75 Å². The zero-order valence-corrected chi connectivity index (χ0v) is 18.0. The van der Waals surface area contributed by atoms with Crippen molar-refractivity contribution in [3.63, 3.8) is 0 Å². The van der Waals surface area contributed by atoms with Gasteiger partial charge in [-0.05, 0) is 45.3 Å². The molecule has 1 aromatic carbocycles. The molecule has 8 heteroatoms. The van der Waals surface area contributed by atoms with Crippen molar-refractivity contribution in [3.05, 3.63) is 40.0 Å². The summed E-state index contributed by atoms with van der Waals surface area (Å²) in [7, 11) is 1.64. The van der Waals surface area contributed by atoms with Gasteiger partial charge in [0.2, 0.25) is 11.1 Å². The minimum atomic E-state index is -0.303. The predicted molar refractivity (Wildman–Crippen MR) is 109 cm³/mol. The number of ketones is 1. The van der Waals surface area contributed by atoms with Gasteiger partial charge < -0.3 is 10.1 Å². The van der Waals surface area contributed by atoms with E-state index in [4.69, 9.17) is 4.74 Å². The van der Waals surface area contributed by atoms with Gasteiger partial charge in [-0.2, -0.15) is 4.98 Å². The number of benzene rings is 1. The molecule has 1 N–H and O–H groups in total. The smallest absolute Gasteiger partial charge is 0.227 e. The Morgan fingerprint density at radius 1 is 1.41 bits per heavy atom. The molecule has 0 spiro atoms. The van der Waals surface area contributed by atoms with Crippen molar-refractivity contribution >= 4 is 39.4 Å². The lowest BCUT2D eigenvalue weighted by Crippen LogP contribution is -2.42. The van der Waals surface area contributed by atoms with E-state index in [2.05, 4.69) is 51.3 Å². The lowest BCUT2D eigenvalue weighted by Gasteiger charge is -2.40. The molecule has 0 fully saturated rings. The molecule has 2 heterocycles. The molecule has 0 unspecified atom stereocenters. The number of thioether (sulfide) groups is 1. The fourth-order valence-corrected chi connectivity index (χ4v) is 4.80. The van der Waals surface area contributed by atoms with Crippen LogP contribution in [0.2, 0.25) is 0 Å². The highest BCUT2D eigenvalue weighted by Gasteiger charge is 2.45. The maximum atomic E-state index is 13.1. The molecule has 0 amide bonds. The largest absolute Gasteiger partial charge is 0.496 e. The molecule has 1 aromatic heterocycles. The molecule has 1 aliphatic heterocycles. The van der Waals surface area contributed by atoms with E-state index in [0.29, 0.717) is 17.5 Å². The summed E-state index contributed by atoms with van der Waals surface area (Å²) in [6, 6.07) is 5.67. The first-order chi connectivity index (χ1) is 12.8. The van der Waals surface area contributed by atoms with Crippen molar-refractivity contribution in [2.24, 2.45) is 11.3 Å². The first kappa shape index (κ1) is 18.6. The van der Waals surface area contributed by atoms with Gasteiger partial charge in [0.15, 0.2) is 0 Å². The molecule has 6 nitrogen and oxygen atoms in total. The molecule has 0 saturated carbocycles. The number of hydrogen-bond acceptors (Lipinski definition) is 6. The molecule has 0 radical (unpaired) electrons. The lowest BCUT2D eigenvalue weighted by molar-refractivity contribution is -0.125. The Bertz CT molecular complexity index is 953. The van der Waals surface area contributed by atoms with Gasteiger partial charge in [0.25, 0.3) is 0 Å². The fraction of sp³-hybridized carbons (Fsp3) is 0.421. The number of hydrogen-bond donors (Lipinski definition) is 1. The molecule has 27 heavy (non-hydrogen) atoms. The number of nitrogens with one attached hydrogen (secondary N) is 1. The van der Waals surface area contributed by atoms with Crippen LogP contribution < -0.4 is 10.1 Å². The molecule has 0 bridgehead atoms. The average Bonchev–Trinajstić information content (AvgIpc) is 3.01. The number of carbonyl (C=O) groups is 1. The Balaban J connectivity index is 1.90. The van der Waals surface area contributed by atoms with Crippen LogP contribution in [0, 0.1) is 11.3 Å². The first-order valence-electron chi connectivity index (χ1n) is 8.69. The number of fused-ring (bicyclic) bond motifs is 2. The molecule has 4 rings (SSSR count). The summed E-state index contributed by atoms with van der Waals surface area (Å²) >= 11 is 5.05. The predicted octanol–water partition coefficient (Wildman–Crippen LogP) is 4.29. The van der Waals surface area contributed by atoms with Gasteiger partial charge in [0.05, 0.1) is 23.5 Å². The van der Waals surface area contributed by atoms with Gasteiger partial charge in [-0.25, -0.2) is 4.68 Å². The topological polar surface area (TPSA) is 69.0 Å². The summed E-state index contributed by atoms with van der Waals surface area (Å²) in [6.07, 6.45) is 4.62. The van der Waals surface area contributed by atoms with E-state index in [0.717, 1.165) is 21.5 Å². The summed E-state index contributed by atoms with van der Waals surface area (Å²) in [5.41, 5.74) is 1.73. The summed E-state index contributed by atoms with van der Waals surface area (Å²) < 4.78 is 8.05. The van der Waals surface area contributed by atoms with Crippen LogP contribution in [-0.2, 0) is 4.79 Å². The Kier molecular flexibility index (Phi) is 4.58. The summed E-state index contributed by atoms with van der Waals surface area (Å²) in [6.45, 7) is 4.17. The van der Waals surface area contributed by atoms with Crippen LogP contribution in [0.3, 0.4) is 0 Å². The van der Waals surface area contributed by atoms with Crippen molar-refractivity contribution < 1.29 is 9.53 Å². The van der Waals surface area contributed by atoms with E-state index in [1.54, 1.807) is 7.11 Å². The van der Waals surface area contributed by atoms with Crippen LogP contribution in [-0.4, -0.2) is 33.9 Å². The SMILES string of the molecule is COc1ccc([C@@H]2[C@H]3C(=O)CC(C)(C)C=C3Nc3nc(SC)nn32)cc1Br. The zero-order valence-electron chi connectivity index (χ0n) is 15.6. The molecule has 2 aromatic rings. The highest BCUT2D eigenvalue weighted by atomic mass is 79.9. The minimum absolute atomic E-state index is 0.175. The van der Waals surface area contributed by atoms with E-state index in [1.807, 2.05) is 29.1 Å². The average molecular weight is 449 g/mol. The summed E-state index contributed by atoms with van der Waals surface area (Å²) in [5.74, 6) is 1.34. The van der Waals surface area contributed by atoms with Gasteiger partial charge >= 0.3 is 0 Å². The van der Waals surface area contributed by atoms with Crippen LogP contribution >= 0.6 is 27.7 Å². The van der Waals surface area contributed by atoms with E-state index >= 15 is 0 Å². The Morgan fingerprint density at radius 2 is 2.19 bits per heavy atom. The standard InChI is InChI=1S/C19H21BrN4O2S/c1-19(2)8-12-15(13(25)9-19)16(10-5-6-14(26-3)11(20)7-10)24-17(21-12)22-18(23-24)27-4/h5-8,15-16H,9H2,1-4H3,(H,21,22,23)/t15-,16-/m1/s1. The monoisotopic (exact) mass is 448 g/mol. The van der Waals surface area contributed by atoms with Crippen molar-refractivity contribution in [1.82, 2.24) is 14.8 Å². The van der Waals surface area contributed by atoms with Crippen molar-refractivity contribution in [2.75, 3.05) is 18.7 Å². The number of nitrogens with zero attached hydrogens (tertiary/aromatic N) is 3. The van der Waals surface area contributed by atoms with Crippen LogP contribution in [0.15, 0.2) is 39.6 Å². The number of allylic oxidation sites excluding steroid dienone is 2. The van der Waals surface area contributed by atoms with Crippen LogP contribution in [0.4, 0.5) is 5.95 Å². The number of Topliss-reactive ketones (excluding diaryl/α,β-unsaturated/α-hetero) is 1. The lowest BCUT2D eigenvalue weighted by atomic mass is 9.72. The Morgan fingerprint density at radius 3 is 2.85 bits per heavy atom. The summed E-state index contributed by atoms with van der Waals surface area (Å²) in [5, 5.41) is 8.68. The third-order valence-electron chi connectivity index (χ3n) is 5.01. The van der Waals surface area contributed by atoms with Gasteiger partial charge in [0.1, 0.15) is 11.5 Å². The fourth-order valence-electron chi connectivity index (χ4n) is 3.89. The van der Waals surface area contributed by atoms with Crippen LogP contribution in [0.25, 0.3) is 0 Å². The first-order valence-corrected chi connectivity index (χ1v) is 10.7. The molecular formula is C19H21BrN4O2S. The highest BCUT2D eigenvalue weighted by molar-refractivity contribution is 9.10. The number of anilines is 1. The second-order valence-corrected chi connectivity index (χ2v) is 9.17. The Labute approximate surface area is 170 Å².